The van der Waals surface area contributed by atoms with Crippen molar-refractivity contribution in [3.63, 3.8) is 0 Å². The van der Waals surface area contributed by atoms with Gasteiger partial charge in [0.15, 0.2) is 0 Å². The maximum atomic E-state index is 11.9. The Morgan fingerprint density at radius 3 is 1.67 bits per heavy atom. The molecule has 0 N–H and O–H groups in total. The summed E-state index contributed by atoms with van der Waals surface area (Å²) < 4.78 is 84.7. The van der Waals surface area contributed by atoms with Gasteiger partial charge in [-0.15, -0.1) is 0 Å². The third-order valence-corrected chi connectivity index (χ3v) is 7.57. The zero-order valence-electron chi connectivity index (χ0n) is 16.3. The Kier molecular flexibility index (Phi) is 12.9. The van der Waals surface area contributed by atoms with Crippen LogP contribution in [0.1, 0.15) is 59.3 Å². The molecule has 1 unspecified atom stereocenters. The van der Waals surface area contributed by atoms with Crippen molar-refractivity contribution in [3.05, 3.63) is 0 Å². The number of rotatable bonds is 17. The van der Waals surface area contributed by atoms with E-state index in [0.717, 1.165) is 0 Å². The van der Waals surface area contributed by atoms with Crippen molar-refractivity contribution in [2.45, 2.75) is 65.4 Å². The predicted octanol–water partition coefficient (Wildman–Crippen LogP) is 1.79. The van der Waals surface area contributed by atoms with Crippen molar-refractivity contribution in [2.24, 2.45) is 0 Å². The molecular formula is C15H32O9S3. The zero-order valence-corrected chi connectivity index (χ0v) is 18.7. The second-order valence-electron chi connectivity index (χ2n) is 6.11. The Morgan fingerprint density at radius 2 is 1.15 bits per heavy atom. The fourth-order valence-corrected chi connectivity index (χ4v) is 5.25. The Labute approximate surface area is 164 Å². The summed E-state index contributed by atoms with van der Waals surface area (Å²) in [5.41, 5.74) is 0. The SMILES string of the molecule is CCCS(=O)(=O)OCCCCC(COS(=O)(=O)CCC)OS(=O)(=O)CCC. The highest BCUT2D eigenvalue weighted by atomic mass is 32.2. The van der Waals surface area contributed by atoms with Gasteiger partial charge in [-0.05, 0) is 38.5 Å². The Hall–Kier alpha value is -0.270. The molecule has 0 aromatic carbocycles. The zero-order chi connectivity index (χ0) is 21.0. The van der Waals surface area contributed by atoms with Gasteiger partial charge in [0.25, 0.3) is 30.4 Å². The van der Waals surface area contributed by atoms with E-state index >= 15 is 0 Å². The summed E-state index contributed by atoms with van der Waals surface area (Å²) in [6.45, 7) is 4.68. The van der Waals surface area contributed by atoms with Gasteiger partial charge in [-0.2, -0.15) is 25.3 Å². The van der Waals surface area contributed by atoms with Gasteiger partial charge in [0.1, 0.15) is 6.10 Å². The van der Waals surface area contributed by atoms with Gasteiger partial charge in [0, 0.05) is 0 Å². The molecule has 164 valence electrons. The van der Waals surface area contributed by atoms with Gasteiger partial charge in [-0.1, -0.05) is 20.8 Å². The molecule has 12 heteroatoms. The first kappa shape index (κ1) is 26.7. The summed E-state index contributed by atoms with van der Waals surface area (Å²) in [6.07, 6.45) is 1.20. The van der Waals surface area contributed by atoms with Gasteiger partial charge < -0.3 is 0 Å². The van der Waals surface area contributed by atoms with Crippen LogP contribution >= 0.6 is 0 Å². The number of unbranched alkanes of at least 4 members (excludes halogenated alkanes) is 1. The van der Waals surface area contributed by atoms with Crippen LogP contribution in [0.3, 0.4) is 0 Å². The van der Waals surface area contributed by atoms with Crippen LogP contribution in [0.4, 0.5) is 0 Å². The maximum absolute atomic E-state index is 11.9. The van der Waals surface area contributed by atoms with E-state index in [1.54, 1.807) is 20.8 Å². The minimum Gasteiger partial charge on any atom is -0.270 e. The molecule has 0 aromatic rings. The fraction of sp³-hybridized carbons (Fsp3) is 1.00. The molecule has 0 amide bonds. The van der Waals surface area contributed by atoms with Crippen LogP contribution in [0.25, 0.3) is 0 Å². The largest absolute Gasteiger partial charge is 0.270 e. The molecule has 0 aliphatic carbocycles. The first-order chi connectivity index (χ1) is 12.5. The third-order valence-electron chi connectivity index (χ3n) is 3.26. The molecule has 0 saturated heterocycles. The average Bonchev–Trinajstić information content (AvgIpc) is 2.51. The molecule has 0 fully saturated rings. The van der Waals surface area contributed by atoms with Crippen LogP contribution in [-0.4, -0.2) is 61.8 Å². The monoisotopic (exact) mass is 452 g/mol. The van der Waals surface area contributed by atoms with E-state index in [1.807, 2.05) is 0 Å². The third kappa shape index (κ3) is 14.4. The highest BCUT2D eigenvalue weighted by Crippen LogP contribution is 2.13. The maximum Gasteiger partial charge on any atom is 0.267 e. The molecule has 0 heterocycles. The van der Waals surface area contributed by atoms with E-state index in [9.17, 15) is 25.3 Å². The molecule has 1 atom stereocenters. The fourth-order valence-electron chi connectivity index (χ4n) is 2.12. The highest BCUT2D eigenvalue weighted by molar-refractivity contribution is 7.87. The van der Waals surface area contributed by atoms with E-state index in [4.69, 9.17) is 12.5 Å². The van der Waals surface area contributed by atoms with E-state index in [2.05, 4.69) is 0 Å². The molecule has 9 nitrogen and oxygen atoms in total. The van der Waals surface area contributed by atoms with Gasteiger partial charge in [-0.25, -0.2) is 0 Å². The topological polar surface area (TPSA) is 130 Å². The minimum absolute atomic E-state index is 0.0221. The lowest BCUT2D eigenvalue weighted by atomic mass is 10.2. The molecule has 0 radical (unpaired) electrons. The van der Waals surface area contributed by atoms with Crippen molar-refractivity contribution in [1.82, 2.24) is 0 Å². The quantitative estimate of drug-likeness (QED) is 0.239. The van der Waals surface area contributed by atoms with Crippen LogP contribution < -0.4 is 0 Å². The first-order valence-electron chi connectivity index (χ1n) is 9.12. The molecule has 0 aliphatic rings. The van der Waals surface area contributed by atoms with Crippen molar-refractivity contribution in [3.8, 4) is 0 Å². The molecule has 0 bridgehead atoms. The second kappa shape index (κ2) is 13.0. The Morgan fingerprint density at radius 1 is 0.667 bits per heavy atom. The lowest BCUT2D eigenvalue weighted by molar-refractivity contribution is 0.126. The molecule has 27 heavy (non-hydrogen) atoms. The summed E-state index contributed by atoms with van der Waals surface area (Å²) in [5, 5.41) is 0. The Bertz CT molecular complexity index is 697. The molecule has 0 aliphatic heterocycles. The van der Waals surface area contributed by atoms with Crippen molar-refractivity contribution in [1.29, 1.82) is 0 Å². The molecule has 0 spiro atoms. The lowest BCUT2D eigenvalue weighted by Gasteiger charge is -2.17. The van der Waals surface area contributed by atoms with Crippen LogP contribution in [0.2, 0.25) is 0 Å². The minimum atomic E-state index is -3.79. The lowest BCUT2D eigenvalue weighted by Crippen LogP contribution is -2.27. The van der Waals surface area contributed by atoms with Crippen LogP contribution in [0, 0.1) is 0 Å². The molecule has 0 rings (SSSR count). The van der Waals surface area contributed by atoms with Gasteiger partial charge >= 0.3 is 0 Å². The van der Waals surface area contributed by atoms with E-state index in [0.29, 0.717) is 32.1 Å². The molecular weight excluding hydrogens is 420 g/mol. The average molecular weight is 453 g/mol. The number of hydrogen-bond acceptors (Lipinski definition) is 9. The second-order valence-corrected chi connectivity index (χ2v) is 11.3. The van der Waals surface area contributed by atoms with Crippen LogP contribution in [0.15, 0.2) is 0 Å². The van der Waals surface area contributed by atoms with Gasteiger partial charge in [-0.3, -0.25) is 12.5 Å². The van der Waals surface area contributed by atoms with Crippen LogP contribution in [-0.2, 0) is 42.9 Å². The standard InChI is InChI=1S/C15H32O9S3/c1-4-11-25(16,17)22-10-8-7-9-15(24-27(20,21)13-6-3)14-23-26(18,19)12-5-2/h15H,4-14H2,1-3H3. The van der Waals surface area contributed by atoms with E-state index in [-0.39, 0.29) is 30.3 Å². The highest BCUT2D eigenvalue weighted by Gasteiger charge is 2.22. The number of hydrogen-bond donors (Lipinski definition) is 0. The van der Waals surface area contributed by atoms with Crippen LogP contribution in [0.5, 0.6) is 0 Å². The summed E-state index contributed by atoms with van der Waals surface area (Å²) in [5.74, 6) is -0.398. The van der Waals surface area contributed by atoms with Gasteiger partial charge in [0.05, 0.1) is 30.5 Å². The summed E-state index contributed by atoms with van der Waals surface area (Å²) in [7, 11) is -11.1. The predicted molar refractivity (Wildman–Crippen MR) is 103 cm³/mol. The van der Waals surface area contributed by atoms with E-state index < -0.39 is 43.1 Å². The molecule has 0 aromatic heterocycles. The smallest absolute Gasteiger partial charge is 0.267 e. The summed E-state index contributed by atoms with van der Waals surface area (Å²) in [6, 6.07) is 0. The first-order valence-corrected chi connectivity index (χ1v) is 13.8. The Balaban J connectivity index is 4.62. The summed E-state index contributed by atoms with van der Waals surface area (Å²) in [4.78, 5) is 0. The molecule has 0 saturated carbocycles. The summed E-state index contributed by atoms with van der Waals surface area (Å²) >= 11 is 0. The van der Waals surface area contributed by atoms with E-state index in [1.165, 1.54) is 0 Å². The van der Waals surface area contributed by atoms with Gasteiger partial charge in [0.2, 0.25) is 0 Å². The van der Waals surface area contributed by atoms with Crippen molar-refractivity contribution in [2.75, 3.05) is 30.5 Å². The van der Waals surface area contributed by atoms with Crippen molar-refractivity contribution >= 4 is 30.4 Å². The van der Waals surface area contributed by atoms with Crippen molar-refractivity contribution < 1.29 is 37.8 Å². The normalized spacial score (nSPS) is 14.3.